The van der Waals surface area contributed by atoms with Gasteiger partial charge in [-0.2, -0.15) is 0 Å². The van der Waals surface area contributed by atoms with Crippen LogP contribution < -0.4 is 0 Å². The quantitative estimate of drug-likeness (QED) is 0.511. The fourth-order valence-electron chi connectivity index (χ4n) is 3.82. The van der Waals surface area contributed by atoms with Crippen molar-refractivity contribution in [2.24, 2.45) is 0 Å². The van der Waals surface area contributed by atoms with Gasteiger partial charge in [0.2, 0.25) is 0 Å². The van der Waals surface area contributed by atoms with Gasteiger partial charge in [0, 0.05) is 17.2 Å². The minimum Gasteiger partial charge on any atom is -0.476 e. The van der Waals surface area contributed by atoms with Crippen molar-refractivity contribution in [1.82, 2.24) is 20.2 Å². The summed E-state index contributed by atoms with van der Waals surface area (Å²) in [6, 6.07) is 11.1. The summed E-state index contributed by atoms with van der Waals surface area (Å²) in [5.41, 5.74) is 3.45. The Labute approximate surface area is 176 Å². The van der Waals surface area contributed by atoms with Crippen molar-refractivity contribution in [3.05, 3.63) is 58.4 Å². The number of hydrogen-bond acceptors (Lipinski definition) is 6. The largest absolute Gasteiger partial charge is 0.476 e. The van der Waals surface area contributed by atoms with Gasteiger partial charge in [0.1, 0.15) is 17.3 Å². The number of carboxylic acids is 1. The summed E-state index contributed by atoms with van der Waals surface area (Å²) in [6.07, 6.45) is 1.22. The number of carboxylic acid groups (broad SMARTS) is 1. The first-order chi connectivity index (χ1) is 14.5. The molecule has 152 valence electrons. The summed E-state index contributed by atoms with van der Waals surface area (Å²) in [7, 11) is 0. The van der Waals surface area contributed by atoms with Crippen molar-refractivity contribution in [2.45, 2.75) is 25.9 Å². The van der Waals surface area contributed by atoms with Crippen molar-refractivity contribution in [2.75, 3.05) is 6.61 Å². The fourth-order valence-corrected chi connectivity index (χ4v) is 3.95. The van der Waals surface area contributed by atoms with Gasteiger partial charge in [-0.05, 0) is 61.7 Å². The average Bonchev–Trinajstić information content (AvgIpc) is 3.46. The van der Waals surface area contributed by atoms with E-state index in [1.807, 2.05) is 31.2 Å². The van der Waals surface area contributed by atoms with Crippen LogP contribution in [0, 0.1) is 6.92 Å². The lowest BCUT2D eigenvalue weighted by Gasteiger charge is -2.14. The minimum absolute atomic E-state index is 0.0929. The molecule has 8 nitrogen and oxygen atoms in total. The van der Waals surface area contributed by atoms with Crippen molar-refractivity contribution >= 4 is 28.5 Å². The highest BCUT2D eigenvalue weighted by molar-refractivity contribution is 6.30. The van der Waals surface area contributed by atoms with E-state index in [2.05, 4.69) is 15.5 Å². The Bertz CT molecular complexity index is 1260. The maximum atomic E-state index is 11.7. The van der Waals surface area contributed by atoms with Crippen molar-refractivity contribution in [1.29, 1.82) is 0 Å². The van der Waals surface area contributed by atoms with Crippen LogP contribution in [0.1, 0.15) is 40.7 Å². The fraction of sp³-hybridized carbons (Fsp3) is 0.238. The molecule has 2 aromatic carbocycles. The van der Waals surface area contributed by atoms with Crippen LogP contribution in [-0.4, -0.2) is 37.8 Å². The zero-order valence-electron chi connectivity index (χ0n) is 16.0. The van der Waals surface area contributed by atoms with Gasteiger partial charge in [0.15, 0.2) is 11.5 Å². The van der Waals surface area contributed by atoms with Gasteiger partial charge < -0.3 is 14.4 Å². The Morgan fingerprint density at radius 2 is 2.07 bits per heavy atom. The number of ether oxygens (including phenoxy) is 1. The highest BCUT2D eigenvalue weighted by atomic mass is 35.5. The van der Waals surface area contributed by atoms with Gasteiger partial charge in [0.25, 0.3) is 0 Å². The zero-order valence-corrected chi connectivity index (χ0v) is 16.8. The molecule has 4 aromatic rings. The number of benzene rings is 2. The molecule has 1 fully saturated rings. The number of carbonyl (C=O) groups is 1. The number of aromatic carboxylic acids is 1. The van der Waals surface area contributed by atoms with E-state index in [0.717, 1.165) is 29.4 Å². The van der Waals surface area contributed by atoms with Crippen LogP contribution in [0.15, 0.2) is 40.9 Å². The third-order valence-corrected chi connectivity index (χ3v) is 5.52. The summed E-state index contributed by atoms with van der Waals surface area (Å²) in [6.45, 7) is 2.49. The topological polar surface area (TPSA) is 103 Å². The van der Waals surface area contributed by atoms with E-state index in [1.54, 1.807) is 16.8 Å². The van der Waals surface area contributed by atoms with Crippen LogP contribution in [0.5, 0.6) is 0 Å². The van der Waals surface area contributed by atoms with Crippen LogP contribution in [0.2, 0.25) is 5.02 Å². The Morgan fingerprint density at radius 1 is 1.27 bits per heavy atom. The Balaban J connectivity index is 1.70. The summed E-state index contributed by atoms with van der Waals surface area (Å²) in [4.78, 5) is 11.7. The smallest absolute Gasteiger partial charge is 0.358 e. The maximum Gasteiger partial charge on any atom is 0.358 e. The molecule has 0 radical (unpaired) electrons. The summed E-state index contributed by atoms with van der Waals surface area (Å²) in [5.74, 6) is -0.530. The third kappa shape index (κ3) is 3.05. The normalized spacial score (nSPS) is 16.4. The molecular weight excluding hydrogens is 408 g/mol. The molecule has 9 heteroatoms. The van der Waals surface area contributed by atoms with Crippen molar-refractivity contribution < 1.29 is 19.2 Å². The zero-order chi connectivity index (χ0) is 20.8. The van der Waals surface area contributed by atoms with Gasteiger partial charge in [-0.25, -0.2) is 9.48 Å². The summed E-state index contributed by atoms with van der Waals surface area (Å²) >= 11 is 6.00. The number of hydrogen-bond donors (Lipinski definition) is 1. The first kappa shape index (κ1) is 18.8. The summed E-state index contributed by atoms with van der Waals surface area (Å²) < 4.78 is 12.9. The molecule has 0 bridgehead atoms. The van der Waals surface area contributed by atoms with Crippen molar-refractivity contribution in [3.8, 4) is 17.0 Å². The van der Waals surface area contributed by atoms with E-state index in [9.17, 15) is 9.90 Å². The van der Waals surface area contributed by atoms with Crippen molar-refractivity contribution in [3.63, 3.8) is 0 Å². The monoisotopic (exact) mass is 424 g/mol. The van der Waals surface area contributed by atoms with Crippen LogP contribution >= 0.6 is 11.6 Å². The first-order valence-corrected chi connectivity index (χ1v) is 9.87. The number of aryl methyl sites for hydroxylation is 1. The van der Waals surface area contributed by atoms with E-state index >= 15 is 0 Å². The number of fused-ring (bicyclic) bond motifs is 1. The second-order valence-corrected chi connectivity index (χ2v) is 7.65. The second kappa shape index (κ2) is 7.23. The van der Waals surface area contributed by atoms with Gasteiger partial charge in [-0.3, -0.25) is 0 Å². The lowest BCUT2D eigenvalue weighted by molar-refractivity contribution is 0.0673. The van der Waals surface area contributed by atoms with E-state index in [1.165, 1.54) is 0 Å². The molecule has 1 saturated heterocycles. The molecule has 1 unspecified atom stereocenters. The standard InChI is InChI=1S/C21H17ClN4O4/c1-11-9-15-14(20(30-24-15)12-4-6-13(22)7-5-12)10-16(11)26-19(17-3-2-8-29-17)18(21(27)28)23-25-26/h4-7,9-10,17H,2-3,8H2,1H3,(H,27,28). The average molecular weight is 425 g/mol. The Morgan fingerprint density at radius 3 is 2.77 bits per heavy atom. The number of aromatic nitrogens is 4. The van der Waals surface area contributed by atoms with Crippen LogP contribution in [-0.2, 0) is 4.74 Å². The maximum absolute atomic E-state index is 11.7. The molecule has 5 rings (SSSR count). The molecule has 1 aliphatic rings. The molecule has 1 N–H and O–H groups in total. The van der Waals surface area contributed by atoms with Crippen LogP contribution in [0.4, 0.5) is 0 Å². The molecule has 30 heavy (non-hydrogen) atoms. The van der Waals surface area contributed by atoms with E-state index in [4.69, 9.17) is 20.9 Å². The minimum atomic E-state index is -1.13. The molecule has 3 heterocycles. The lowest BCUT2D eigenvalue weighted by Crippen LogP contribution is -2.12. The van der Waals surface area contributed by atoms with Gasteiger partial charge >= 0.3 is 5.97 Å². The molecule has 1 atom stereocenters. The molecule has 0 spiro atoms. The predicted molar refractivity (Wildman–Crippen MR) is 109 cm³/mol. The predicted octanol–water partition coefficient (Wildman–Crippen LogP) is 4.59. The Hall–Kier alpha value is -3.23. The van der Waals surface area contributed by atoms with Gasteiger partial charge in [0.05, 0.1) is 11.1 Å². The van der Waals surface area contributed by atoms with Crippen LogP contribution in [0.25, 0.3) is 27.9 Å². The molecule has 0 amide bonds. The second-order valence-electron chi connectivity index (χ2n) is 7.22. The summed E-state index contributed by atoms with van der Waals surface area (Å²) in [5, 5.41) is 23.3. The number of rotatable bonds is 4. The highest BCUT2D eigenvalue weighted by Gasteiger charge is 2.31. The SMILES string of the molecule is Cc1cc2noc(-c3ccc(Cl)cc3)c2cc1-n1nnc(C(=O)O)c1C1CCCO1. The van der Waals surface area contributed by atoms with Gasteiger partial charge in [-0.1, -0.05) is 22.0 Å². The molecule has 1 aliphatic heterocycles. The van der Waals surface area contributed by atoms with E-state index in [-0.39, 0.29) is 11.8 Å². The van der Waals surface area contributed by atoms with E-state index < -0.39 is 5.97 Å². The van der Waals surface area contributed by atoms with E-state index in [0.29, 0.717) is 34.3 Å². The lowest BCUT2D eigenvalue weighted by atomic mass is 10.0. The molecule has 2 aromatic heterocycles. The first-order valence-electron chi connectivity index (χ1n) is 9.50. The molecular formula is C21H17ClN4O4. The molecule has 0 aliphatic carbocycles. The number of halogens is 1. The Kier molecular flexibility index (Phi) is 4.52. The number of nitrogens with zero attached hydrogens (tertiary/aromatic N) is 4. The van der Waals surface area contributed by atoms with Crippen LogP contribution in [0.3, 0.4) is 0 Å². The molecule has 0 saturated carbocycles. The highest BCUT2D eigenvalue weighted by Crippen LogP contribution is 2.35. The third-order valence-electron chi connectivity index (χ3n) is 5.27. The van der Waals surface area contributed by atoms with Gasteiger partial charge in [-0.15, -0.1) is 5.10 Å².